The molecule has 3 aromatic heterocycles. The number of hydrogen-bond donors (Lipinski definition) is 1. The van der Waals surface area contributed by atoms with E-state index in [-0.39, 0.29) is 11.1 Å². The molecule has 144 valence electrons. The first kappa shape index (κ1) is 17.6. The van der Waals surface area contributed by atoms with Crippen molar-refractivity contribution in [2.45, 2.75) is 6.61 Å². The molecule has 2 aromatic carbocycles. The molecule has 0 amide bonds. The molecule has 0 aliphatic rings. The maximum atomic E-state index is 14.6. The molecule has 6 heteroatoms. The number of aliphatic hydroxyl groups excluding tert-OH is 1. The van der Waals surface area contributed by atoms with Gasteiger partial charge in [0.1, 0.15) is 17.3 Å². The van der Waals surface area contributed by atoms with Gasteiger partial charge in [0, 0.05) is 58.8 Å². The Morgan fingerprint density at radius 3 is 2.62 bits per heavy atom. The molecule has 4 nitrogen and oxygen atoms in total. The summed E-state index contributed by atoms with van der Waals surface area (Å²) in [4.78, 5) is 4.66. The van der Waals surface area contributed by atoms with Crippen molar-refractivity contribution in [2.75, 3.05) is 0 Å². The van der Waals surface area contributed by atoms with Gasteiger partial charge in [0.2, 0.25) is 0 Å². The van der Waals surface area contributed by atoms with Gasteiger partial charge in [0.15, 0.2) is 0 Å². The van der Waals surface area contributed by atoms with Crippen molar-refractivity contribution in [1.29, 1.82) is 0 Å². The van der Waals surface area contributed by atoms with E-state index in [0.717, 1.165) is 27.8 Å². The average Bonchev–Trinajstić information content (AvgIpc) is 3.31. The average molecular weight is 389 g/mol. The number of aliphatic hydroxyl groups is 1. The summed E-state index contributed by atoms with van der Waals surface area (Å²) in [6, 6.07) is 14.3. The number of pyridine rings is 1. The van der Waals surface area contributed by atoms with Crippen molar-refractivity contribution in [2.24, 2.45) is 7.05 Å². The largest absolute Gasteiger partial charge is 0.391 e. The topological polar surface area (TPSA) is 42.5 Å². The molecule has 5 aromatic rings. The maximum absolute atomic E-state index is 14.6. The number of nitrogens with zero attached hydrogens (tertiary/aromatic N) is 3. The predicted octanol–water partition coefficient (Wildman–Crippen LogP) is 4.93. The molecule has 0 atom stereocenters. The molecular weight excluding hydrogens is 372 g/mol. The van der Waals surface area contributed by atoms with Crippen molar-refractivity contribution in [3.05, 3.63) is 84.3 Å². The van der Waals surface area contributed by atoms with Crippen molar-refractivity contribution >= 4 is 16.6 Å². The lowest BCUT2D eigenvalue weighted by atomic mass is 10.0. The number of aryl methyl sites for hydroxylation is 1. The Morgan fingerprint density at radius 2 is 1.79 bits per heavy atom. The Morgan fingerprint density at radius 1 is 0.966 bits per heavy atom. The van der Waals surface area contributed by atoms with Crippen LogP contribution in [-0.2, 0) is 13.7 Å². The molecule has 1 N–H and O–H groups in total. The summed E-state index contributed by atoms with van der Waals surface area (Å²) in [6.07, 6.45) is 5.66. The van der Waals surface area contributed by atoms with Gasteiger partial charge in [-0.05, 0) is 42.5 Å². The first-order chi connectivity index (χ1) is 14.0. The molecule has 0 aliphatic carbocycles. The number of aromatic nitrogens is 3. The summed E-state index contributed by atoms with van der Waals surface area (Å²) >= 11 is 0. The zero-order chi connectivity index (χ0) is 20.1. The van der Waals surface area contributed by atoms with Gasteiger partial charge in [0.25, 0.3) is 0 Å². The fourth-order valence-electron chi connectivity index (χ4n) is 3.70. The van der Waals surface area contributed by atoms with Crippen molar-refractivity contribution in [3.8, 4) is 22.4 Å². The van der Waals surface area contributed by atoms with Crippen LogP contribution in [0.25, 0.3) is 38.9 Å². The molecule has 0 aliphatic heterocycles. The van der Waals surface area contributed by atoms with E-state index in [1.54, 1.807) is 18.3 Å². The Balaban J connectivity index is 1.60. The number of benzene rings is 2. The summed E-state index contributed by atoms with van der Waals surface area (Å²) in [5.41, 5.74) is 4.15. The smallest absolute Gasteiger partial charge is 0.139 e. The zero-order valence-corrected chi connectivity index (χ0v) is 15.6. The molecule has 29 heavy (non-hydrogen) atoms. The monoisotopic (exact) mass is 389 g/mol. The number of imidazole rings is 1. The summed E-state index contributed by atoms with van der Waals surface area (Å²) in [6.45, 7) is -0.690. The number of fused-ring (bicyclic) bond motifs is 2. The van der Waals surface area contributed by atoms with E-state index in [2.05, 4.69) is 27.8 Å². The second kappa shape index (κ2) is 6.53. The van der Waals surface area contributed by atoms with Crippen LogP contribution in [0.3, 0.4) is 0 Å². The first-order valence-electron chi connectivity index (χ1n) is 9.17. The first-order valence-corrected chi connectivity index (χ1v) is 9.17. The van der Waals surface area contributed by atoms with Crippen LogP contribution in [0.1, 0.15) is 5.56 Å². The van der Waals surface area contributed by atoms with E-state index in [1.807, 2.05) is 29.9 Å². The van der Waals surface area contributed by atoms with Crippen molar-refractivity contribution < 1.29 is 13.9 Å². The van der Waals surface area contributed by atoms with E-state index in [4.69, 9.17) is 0 Å². The number of rotatable bonds is 3. The minimum absolute atomic E-state index is 0.235. The number of hydrogen-bond acceptors (Lipinski definition) is 2. The molecule has 5 rings (SSSR count). The Bertz CT molecular complexity index is 1380. The van der Waals surface area contributed by atoms with Crippen LogP contribution in [-0.4, -0.2) is 19.1 Å². The van der Waals surface area contributed by atoms with Crippen molar-refractivity contribution in [3.63, 3.8) is 0 Å². The molecule has 0 saturated heterocycles. The van der Waals surface area contributed by atoms with Crippen molar-refractivity contribution in [1.82, 2.24) is 14.0 Å². The summed E-state index contributed by atoms with van der Waals surface area (Å²) in [5.74, 6) is -1.50. The van der Waals surface area contributed by atoms with Gasteiger partial charge in [-0.3, -0.25) is 0 Å². The molecular formula is C23H17F2N3O. The lowest BCUT2D eigenvalue weighted by Gasteiger charge is -2.08. The van der Waals surface area contributed by atoms with Crippen LogP contribution in [0.15, 0.2) is 67.1 Å². The highest BCUT2D eigenvalue weighted by Gasteiger charge is 2.15. The summed E-state index contributed by atoms with van der Waals surface area (Å²) < 4.78 is 32.2. The standard InChI is InChI=1S/C23H17F2N3O/c1-27-9-8-15-10-14(2-6-21(15)27)20-12-28-11-16(3-7-22(28)26-20)17-4-5-19(24)18(13-29)23(17)25/h2-12,29H,13H2,1H3. The maximum Gasteiger partial charge on any atom is 0.139 e. The van der Waals surface area contributed by atoms with E-state index in [0.29, 0.717) is 5.56 Å². The highest BCUT2D eigenvalue weighted by molar-refractivity contribution is 5.85. The minimum Gasteiger partial charge on any atom is -0.391 e. The highest BCUT2D eigenvalue weighted by Crippen LogP contribution is 2.29. The van der Waals surface area contributed by atoms with Gasteiger partial charge in [-0.15, -0.1) is 0 Å². The van der Waals surface area contributed by atoms with E-state index >= 15 is 0 Å². The van der Waals surface area contributed by atoms with Crippen LogP contribution in [0, 0.1) is 11.6 Å². The third kappa shape index (κ3) is 2.80. The molecule has 0 unspecified atom stereocenters. The fourth-order valence-corrected chi connectivity index (χ4v) is 3.70. The third-order valence-corrected chi connectivity index (χ3v) is 5.29. The Kier molecular flexibility index (Phi) is 3.96. The predicted molar refractivity (Wildman–Crippen MR) is 108 cm³/mol. The normalized spacial score (nSPS) is 11.6. The highest BCUT2D eigenvalue weighted by atomic mass is 19.1. The molecule has 3 heterocycles. The lowest BCUT2D eigenvalue weighted by molar-refractivity contribution is 0.269. The lowest BCUT2D eigenvalue weighted by Crippen LogP contribution is -1.98. The SMILES string of the molecule is Cn1ccc2cc(-c3cn4cc(-c5ccc(F)c(CO)c5F)ccc4n3)ccc21. The van der Waals surface area contributed by atoms with Gasteiger partial charge in [-0.25, -0.2) is 13.8 Å². The molecule has 0 saturated carbocycles. The quantitative estimate of drug-likeness (QED) is 0.475. The van der Waals surface area contributed by atoms with E-state index in [1.165, 1.54) is 12.1 Å². The fraction of sp³-hybridized carbons (Fsp3) is 0.0870. The Hall–Kier alpha value is -3.51. The van der Waals surface area contributed by atoms with Gasteiger partial charge in [-0.2, -0.15) is 0 Å². The van der Waals surface area contributed by atoms with Crippen LogP contribution in [0.5, 0.6) is 0 Å². The Labute approximate surface area is 165 Å². The minimum atomic E-state index is -0.754. The van der Waals surface area contributed by atoms with Gasteiger partial charge < -0.3 is 14.1 Å². The van der Waals surface area contributed by atoms with Crippen LogP contribution < -0.4 is 0 Å². The molecule has 0 bridgehead atoms. The number of halogens is 2. The summed E-state index contributed by atoms with van der Waals surface area (Å²) in [5, 5.41) is 10.4. The van der Waals surface area contributed by atoms with Crippen LogP contribution in [0.2, 0.25) is 0 Å². The van der Waals surface area contributed by atoms with Gasteiger partial charge in [0.05, 0.1) is 12.3 Å². The second-order valence-electron chi connectivity index (χ2n) is 7.06. The second-order valence-corrected chi connectivity index (χ2v) is 7.06. The van der Waals surface area contributed by atoms with E-state index in [9.17, 15) is 13.9 Å². The van der Waals surface area contributed by atoms with Gasteiger partial charge >= 0.3 is 0 Å². The third-order valence-electron chi connectivity index (χ3n) is 5.29. The summed E-state index contributed by atoms with van der Waals surface area (Å²) in [7, 11) is 2.01. The zero-order valence-electron chi connectivity index (χ0n) is 15.6. The van der Waals surface area contributed by atoms with Crippen LogP contribution >= 0.6 is 0 Å². The molecule has 0 fully saturated rings. The molecule has 0 spiro atoms. The molecule has 0 radical (unpaired) electrons. The van der Waals surface area contributed by atoms with Crippen LogP contribution in [0.4, 0.5) is 8.78 Å². The van der Waals surface area contributed by atoms with E-state index < -0.39 is 18.2 Å². The van der Waals surface area contributed by atoms with Gasteiger partial charge in [-0.1, -0.05) is 6.07 Å².